The Hall–Kier alpha value is -2.33. The van der Waals surface area contributed by atoms with Gasteiger partial charge >= 0.3 is 12.1 Å². The Morgan fingerprint density at radius 1 is 1.04 bits per heavy atom. The second-order valence-corrected chi connectivity index (χ2v) is 7.84. The normalized spacial score (nSPS) is 16.3. The summed E-state index contributed by atoms with van der Waals surface area (Å²) in [6.45, 7) is 0.698. The van der Waals surface area contributed by atoms with Crippen molar-refractivity contribution in [2.75, 3.05) is 13.1 Å². The number of alkyl halides is 3. The highest BCUT2D eigenvalue weighted by Crippen LogP contribution is 2.36. The van der Waals surface area contributed by atoms with Crippen molar-refractivity contribution in [3.63, 3.8) is 0 Å². The molecule has 0 saturated carbocycles. The monoisotopic (exact) mass is 403 g/mol. The van der Waals surface area contributed by atoms with E-state index in [1.807, 2.05) is 0 Å². The van der Waals surface area contributed by atoms with Crippen molar-refractivity contribution in [3.8, 4) is 5.75 Å². The molecule has 2 aromatic rings. The molecule has 0 N–H and O–H groups in total. The first-order valence-corrected chi connectivity index (χ1v) is 9.62. The molecule has 0 radical (unpaired) electrons. The van der Waals surface area contributed by atoms with E-state index in [1.165, 1.54) is 10.4 Å². The Morgan fingerprint density at radius 2 is 1.70 bits per heavy atom. The summed E-state index contributed by atoms with van der Waals surface area (Å²) in [5.74, 6) is -2.40. The maximum absolute atomic E-state index is 13.0. The first-order chi connectivity index (χ1) is 12.7. The van der Waals surface area contributed by atoms with Gasteiger partial charge in [0.25, 0.3) is 10.0 Å². The summed E-state index contributed by atoms with van der Waals surface area (Å²) in [7, 11) is -3.90. The lowest BCUT2D eigenvalue weighted by molar-refractivity contribution is -0.138. The van der Waals surface area contributed by atoms with E-state index in [2.05, 4.69) is 0 Å². The number of carbonyl (C=O) groups is 1. The van der Waals surface area contributed by atoms with Crippen LogP contribution in [-0.2, 0) is 16.2 Å². The van der Waals surface area contributed by atoms with Crippen molar-refractivity contribution in [1.29, 1.82) is 0 Å². The van der Waals surface area contributed by atoms with Crippen LogP contribution in [0.15, 0.2) is 45.9 Å². The molecule has 0 unspecified atom stereocenters. The Labute approximate surface area is 153 Å². The van der Waals surface area contributed by atoms with Crippen LogP contribution in [0, 0.1) is 0 Å². The maximum Gasteiger partial charge on any atom is 0.419 e. The van der Waals surface area contributed by atoms with Crippen molar-refractivity contribution in [2.24, 2.45) is 0 Å². The zero-order valence-electron chi connectivity index (χ0n) is 14.0. The molecule has 146 valence electrons. The van der Waals surface area contributed by atoms with Gasteiger partial charge in [-0.2, -0.15) is 17.5 Å². The van der Waals surface area contributed by atoms with E-state index in [1.54, 1.807) is 0 Å². The van der Waals surface area contributed by atoms with Crippen molar-refractivity contribution < 1.29 is 35.5 Å². The second kappa shape index (κ2) is 7.35. The van der Waals surface area contributed by atoms with E-state index >= 15 is 0 Å². The van der Waals surface area contributed by atoms with Gasteiger partial charge in [-0.1, -0.05) is 18.6 Å². The quantitative estimate of drug-likeness (QED) is 0.575. The number of carbonyl (C=O) groups excluding carboxylic acids is 1. The molecule has 0 atom stereocenters. The van der Waals surface area contributed by atoms with Crippen LogP contribution in [0.25, 0.3) is 0 Å². The van der Waals surface area contributed by atoms with Crippen LogP contribution in [0.2, 0.25) is 0 Å². The lowest BCUT2D eigenvalue weighted by Gasteiger charge is -2.24. The van der Waals surface area contributed by atoms with Gasteiger partial charge in [-0.25, -0.2) is 13.2 Å². The van der Waals surface area contributed by atoms with Crippen LogP contribution in [-0.4, -0.2) is 31.8 Å². The number of hydrogen-bond acceptors (Lipinski definition) is 5. The molecule has 1 aliphatic heterocycles. The Morgan fingerprint density at radius 3 is 2.37 bits per heavy atom. The summed E-state index contributed by atoms with van der Waals surface area (Å²) in [5.41, 5.74) is -1.12. The van der Waals surface area contributed by atoms with Crippen molar-refractivity contribution in [3.05, 3.63) is 47.7 Å². The Bertz CT molecular complexity index is 930. The summed E-state index contributed by atoms with van der Waals surface area (Å²) >= 11 is 0. The third-order valence-electron chi connectivity index (χ3n) is 4.09. The van der Waals surface area contributed by atoms with Crippen LogP contribution >= 0.6 is 0 Å². The van der Waals surface area contributed by atoms with Crippen molar-refractivity contribution in [2.45, 2.75) is 30.5 Å². The molecule has 0 aliphatic carbocycles. The fourth-order valence-corrected chi connectivity index (χ4v) is 4.17. The number of piperidine rings is 1. The van der Waals surface area contributed by atoms with E-state index in [9.17, 15) is 26.4 Å². The smallest absolute Gasteiger partial charge is 0.419 e. The van der Waals surface area contributed by atoms with E-state index in [0.29, 0.717) is 13.1 Å². The number of sulfonamides is 1. The topological polar surface area (TPSA) is 76.8 Å². The number of benzene rings is 1. The molecule has 27 heavy (non-hydrogen) atoms. The Kier molecular flexibility index (Phi) is 5.29. The largest absolute Gasteiger partial charge is 0.436 e. The number of ether oxygens (including phenoxy) is 1. The zero-order chi connectivity index (χ0) is 19.7. The number of esters is 1. The van der Waals surface area contributed by atoms with Gasteiger partial charge in [0.2, 0.25) is 10.9 Å². The molecule has 1 fully saturated rings. The van der Waals surface area contributed by atoms with Gasteiger partial charge in [-0.15, -0.1) is 0 Å². The Balaban J connectivity index is 1.80. The van der Waals surface area contributed by atoms with E-state index in [-0.39, 0.29) is 0 Å². The van der Waals surface area contributed by atoms with Gasteiger partial charge < -0.3 is 9.15 Å². The fourth-order valence-electron chi connectivity index (χ4n) is 2.74. The SMILES string of the molecule is O=C(Oc1ccccc1C(F)(F)F)c1ccc(S(=O)(=O)N2CCCCC2)o1. The fraction of sp³-hybridized carbons (Fsp3) is 0.353. The number of halogens is 3. The third-order valence-corrected chi connectivity index (χ3v) is 5.86. The molecule has 2 heterocycles. The predicted octanol–water partition coefficient (Wildman–Crippen LogP) is 3.69. The minimum absolute atomic E-state index is 0.349. The number of rotatable bonds is 4. The summed E-state index contributed by atoms with van der Waals surface area (Å²) < 4.78 is 75.0. The van der Waals surface area contributed by atoms with Gasteiger partial charge in [0.15, 0.2) is 0 Å². The van der Waals surface area contributed by atoms with Crippen LogP contribution in [0.1, 0.15) is 35.4 Å². The zero-order valence-corrected chi connectivity index (χ0v) is 14.8. The summed E-state index contributed by atoms with van der Waals surface area (Å²) in [6, 6.07) is 6.38. The second-order valence-electron chi connectivity index (χ2n) is 5.97. The van der Waals surface area contributed by atoms with Crippen LogP contribution in [0.4, 0.5) is 13.2 Å². The van der Waals surface area contributed by atoms with E-state index in [0.717, 1.165) is 49.6 Å². The lowest BCUT2D eigenvalue weighted by atomic mass is 10.2. The highest BCUT2D eigenvalue weighted by molar-refractivity contribution is 7.89. The highest BCUT2D eigenvalue weighted by Gasteiger charge is 2.35. The molecule has 1 aromatic carbocycles. The number of hydrogen-bond donors (Lipinski definition) is 0. The highest BCUT2D eigenvalue weighted by atomic mass is 32.2. The molecule has 6 nitrogen and oxygen atoms in total. The molecule has 0 spiro atoms. The maximum atomic E-state index is 13.0. The minimum atomic E-state index is -4.71. The average Bonchev–Trinajstić information content (AvgIpc) is 3.13. The van der Waals surface area contributed by atoms with Crippen molar-refractivity contribution in [1.82, 2.24) is 4.31 Å². The predicted molar refractivity (Wildman–Crippen MR) is 87.7 cm³/mol. The van der Waals surface area contributed by atoms with E-state index < -0.39 is 44.3 Å². The first kappa shape index (κ1) is 19.4. The summed E-state index contributed by atoms with van der Waals surface area (Å²) in [4.78, 5) is 12.1. The van der Waals surface area contributed by atoms with Crippen LogP contribution in [0.5, 0.6) is 5.75 Å². The molecule has 1 saturated heterocycles. The molecule has 1 aliphatic rings. The molecule has 3 rings (SSSR count). The minimum Gasteiger partial charge on any atom is -0.436 e. The van der Waals surface area contributed by atoms with Gasteiger partial charge in [-0.05, 0) is 37.1 Å². The first-order valence-electron chi connectivity index (χ1n) is 8.18. The van der Waals surface area contributed by atoms with Gasteiger partial charge in [-0.3, -0.25) is 0 Å². The molecular formula is C17H16F3NO5S. The molecule has 10 heteroatoms. The van der Waals surface area contributed by atoms with Crippen molar-refractivity contribution >= 4 is 16.0 Å². The molecule has 0 bridgehead atoms. The van der Waals surface area contributed by atoms with Gasteiger partial charge in [0, 0.05) is 13.1 Å². The third kappa shape index (κ3) is 4.16. The van der Waals surface area contributed by atoms with Gasteiger partial charge in [0.1, 0.15) is 5.75 Å². The van der Waals surface area contributed by atoms with E-state index in [4.69, 9.17) is 9.15 Å². The standard InChI is InChI=1S/C17H16F3NO5S/c18-17(19,20)12-6-2-3-7-13(12)26-16(22)14-8-9-15(25-14)27(23,24)21-10-4-1-5-11-21/h2-3,6-9H,1,4-5,10-11H2. The average molecular weight is 403 g/mol. The molecule has 1 aromatic heterocycles. The number of para-hydroxylation sites is 1. The lowest BCUT2D eigenvalue weighted by Crippen LogP contribution is -2.35. The summed E-state index contributed by atoms with van der Waals surface area (Å²) in [6.07, 6.45) is -2.32. The van der Waals surface area contributed by atoms with Crippen LogP contribution in [0.3, 0.4) is 0 Å². The molecular weight excluding hydrogens is 387 g/mol. The number of furan rings is 1. The summed E-state index contributed by atoms with van der Waals surface area (Å²) in [5, 5.41) is -0.444. The van der Waals surface area contributed by atoms with Gasteiger partial charge in [0.05, 0.1) is 5.56 Å². The molecule has 0 amide bonds. The number of nitrogens with zero attached hydrogens (tertiary/aromatic N) is 1. The van der Waals surface area contributed by atoms with Crippen LogP contribution < -0.4 is 4.74 Å².